The van der Waals surface area contributed by atoms with Crippen LogP contribution in [0.5, 0.6) is 0 Å². The molecule has 0 aromatic rings. The molecule has 0 aliphatic heterocycles. The molecule has 0 aliphatic rings. The van der Waals surface area contributed by atoms with Gasteiger partial charge in [0.2, 0.25) is 0 Å². The van der Waals surface area contributed by atoms with Crippen molar-refractivity contribution in [1.82, 2.24) is 5.06 Å². The predicted octanol–water partition coefficient (Wildman–Crippen LogP) is -0.172. The summed E-state index contributed by atoms with van der Waals surface area (Å²) in [6.07, 6.45) is 0. The van der Waals surface area contributed by atoms with Gasteiger partial charge in [0.1, 0.15) is 0 Å². The van der Waals surface area contributed by atoms with Crippen LogP contribution >= 0.6 is 0 Å². The Labute approximate surface area is 50.4 Å². The van der Waals surface area contributed by atoms with Crippen LogP contribution in [0.3, 0.4) is 0 Å². The van der Waals surface area contributed by atoms with E-state index in [1.807, 2.05) is 14.0 Å². The normalized spacial score (nSPS) is 10.5. The lowest BCUT2D eigenvalue weighted by atomic mass is 10.6. The largest absolute Gasteiger partial charge is 0.329 e. The number of nitrogens with two attached hydrogens (primary N) is 1. The monoisotopic (exact) mass is 118 g/mol. The summed E-state index contributed by atoms with van der Waals surface area (Å²) in [5.74, 6) is 0. The molecule has 0 heterocycles. The van der Waals surface area contributed by atoms with Gasteiger partial charge in [-0.2, -0.15) is 5.06 Å². The van der Waals surface area contributed by atoms with Gasteiger partial charge < -0.3 is 5.73 Å². The van der Waals surface area contributed by atoms with E-state index in [1.165, 1.54) is 0 Å². The minimum Gasteiger partial charge on any atom is -0.329 e. The second kappa shape index (κ2) is 5.03. The highest BCUT2D eigenvalue weighted by Gasteiger charge is 1.90. The molecule has 50 valence electrons. The molecule has 0 spiro atoms. The molecule has 2 N–H and O–H groups in total. The zero-order chi connectivity index (χ0) is 6.41. The minimum atomic E-state index is 0.649. The van der Waals surface area contributed by atoms with Gasteiger partial charge in [-0.15, -0.1) is 0 Å². The molecular formula is C5H14N2O. The van der Waals surface area contributed by atoms with Gasteiger partial charge in [0.15, 0.2) is 0 Å². The van der Waals surface area contributed by atoms with E-state index in [2.05, 4.69) is 0 Å². The van der Waals surface area contributed by atoms with Crippen molar-refractivity contribution >= 4 is 0 Å². The van der Waals surface area contributed by atoms with Crippen molar-refractivity contribution in [1.29, 1.82) is 0 Å². The lowest BCUT2D eigenvalue weighted by molar-refractivity contribution is -0.132. The van der Waals surface area contributed by atoms with Gasteiger partial charge in [-0.3, -0.25) is 4.84 Å². The van der Waals surface area contributed by atoms with Gasteiger partial charge in [-0.1, -0.05) is 0 Å². The molecule has 0 aromatic carbocycles. The first-order chi connectivity index (χ1) is 3.81. The Hall–Kier alpha value is -0.120. The van der Waals surface area contributed by atoms with Gasteiger partial charge in [0.25, 0.3) is 0 Å². The summed E-state index contributed by atoms with van der Waals surface area (Å²) in [5, 5.41) is 1.74. The summed E-state index contributed by atoms with van der Waals surface area (Å²) < 4.78 is 0. The lowest BCUT2D eigenvalue weighted by Crippen LogP contribution is -2.25. The highest BCUT2D eigenvalue weighted by Crippen LogP contribution is 1.79. The van der Waals surface area contributed by atoms with E-state index in [1.54, 1.807) is 5.06 Å². The van der Waals surface area contributed by atoms with Gasteiger partial charge in [-0.25, -0.2) is 0 Å². The molecule has 0 aromatic heterocycles. The Balaban J connectivity index is 2.92. The second-order valence-corrected chi connectivity index (χ2v) is 1.56. The first kappa shape index (κ1) is 7.88. The highest BCUT2D eigenvalue weighted by atomic mass is 16.7. The van der Waals surface area contributed by atoms with Crippen LogP contribution in [0.2, 0.25) is 0 Å². The molecule has 0 amide bonds. The Morgan fingerprint density at radius 1 is 1.62 bits per heavy atom. The summed E-state index contributed by atoms with van der Waals surface area (Å²) in [5.41, 5.74) is 5.24. The Morgan fingerprint density at radius 3 is 2.62 bits per heavy atom. The fourth-order valence-electron chi connectivity index (χ4n) is 0.467. The summed E-state index contributed by atoms with van der Waals surface area (Å²) >= 11 is 0. The van der Waals surface area contributed by atoms with Crippen molar-refractivity contribution in [3.63, 3.8) is 0 Å². The first-order valence-electron chi connectivity index (χ1n) is 2.85. The SMILES string of the molecule is CCON(C)CCN. The molecular weight excluding hydrogens is 104 g/mol. The Kier molecular flexibility index (Phi) is 4.95. The lowest BCUT2D eigenvalue weighted by Gasteiger charge is -2.12. The Bertz CT molecular complexity index is 43.7. The van der Waals surface area contributed by atoms with E-state index < -0.39 is 0 Å². The smallest absolute Gasteiger partial charge is 0.0656 e. The second-order valence-electron chi connectivity index (χ2n) is 1.56. The van der Waals surface area contributed by atoms with E-state index in [9.17, 15) is 0 Å². The molecule has 0 atom stereocenters. The third kappa shape index (κ3) is 4.05. The molecule has 0 unspecified atom stereocenters. The van der Waals surface area contributed by atoms with Gasteiger partial charge in [0, 0.05) is 20.1 Å². The average molecular weight is 118 g/mol. The van der Waals surface area contributed by atoms with E-state index in [0.29, 0.717) is 6.54 Å². The molecule has 3 nitrogen and oxygen atoms in total. The van der Waals surface area contributed by atoms with Crippen molar-refractivity contribution < 1.29 is 4.84 Å². The summed E-state index contributed by atoms with van der Waals surface area (Å²) in [6.45, 7) is 4.12. The molecule has 0 radical (unpaired) electrons. The van der Waals surface area contributed by atoms with Crippen LogP contribution in [0.25, 0.3) is 0 Å². The molecule has 8 heavy (non-hydrogen) atoms. The molecule has 0 saturated carbocycles. The number of rotatable bonds is 4. The van der Waals surface area contributed by atoms with Gasteiger partial charge >= 0.3 is 0 Å². The van der Waals surface area contributed by atoms with Crippen molar-refractivity contribution in [3.05, 3.63) is 0 Å². The third-order valence-corrected chi connectivity index (χ3v) is 0.793. The standard InChI is InChI=1S/C5H14N2O/c1-3-8-7(2)5-4-6/h3-6H2,1-2H3. The number of hydrogen-bond acceptors (Lipinski definition) is 3. The number of nitrogens with zero attached hydrogens (tertiary/aromatic N) is 1. The van der Waals surface area contributed by atoms with E-state index in [-0.39, 0.29) is 0 Å². The zero-order valence-electron chi connectivity index (χ0n) is 5.55. The molecule has 3 heteroatoms. The van der Waals surface area contributed by atoms with Crippen molar-refractivity contribution in [2.24, 2.45) is 5.73 Å². The van der Waals surface area contributed by atoms with Crippen LogP contribution in [0.15, 0.2) is 0 Å². The van der Waals surface area contributed by atoms with Crippen LogP contribution in [0.1, 0.15) is 6.92 Å². The average Bonchev–Trinajstić information content (AvgIpc) is 1.68. The first-order valence-corrected chi connectivity index (χ1v) is 2.85. The molecule has 0 bridgehead atoms. The summed E-state index contributed by atoms with van der Waals surface area (Å²) in [7, 11) is 1.87. The van der Waals surface area contributed by atoms with Crippen molar-refractivity contribution in [2.45, 2.75) is 6.92 Å². The number of hydroxylamine groups is 2. The van der Waals surface area contributed by atoms with Crippen LogP contribution < -0.4 is 5.73 Å². The summed E-state index contributed by atoms with van der Waals surface area (Å²) in [6, 6.07) is 0. The van der Waals surface area contributed by atoms with Crippen LogP contribution in [0.4, 0.5) is 0 Å². The number of hydrogen-bond donors (Lipinski definition) is 1. The van der Waals surface area contributed by atoms with Crippen molar-refractivity contribution in [3.8, 4) is 0 Å². The molecule has 0 rings (SSSR count). The summed E-state index contributed by atoms with van der Waals surface area (Å²) in [4.78, 5) is 5.04. The van der Waals surface area contributed by atoms with Crippen molar-refractivity contribution in [2.75, 3.05) is 26.7 Å². The fraction of sp³-hybridized carbons (Fsp3) is 1.00. The maximum atomic E-state index is 5.24. The topological polar surface area (TPSA) is 38.5 Å². The Morgan fingerprint density at radius 2 is 2.25 bits per heavy atom. The maximum Gasteiger partial charge on any atom is 0.0656 e. The quantitative estimate of drug-likeness (QED) is 0.521. The maximum absolute atomic E-state index is 5.24. The minimum absolute atomic E-state index is 0.649. The highest BCUT2D eigenvalue weighted by molar-refractivity contribution is 4.35. The van der Waals surface area contributed by atoms with E-state index in [0.717, 1.165) is 13.2 Å². The zero-order valence-corrected chi connectivity index (χ0v) is 5.55. The van der Waals surface area contributed by atoms with E-state index in [4.69, 9.17) is 10.6 Å². The van der Waals surface area contributed by atoms with Gasteiger partial charge in [-0.05, 0) is 6.92 Å². The van der Waals surface area contributed by atoms with E-state index >= 15 is 0 Å². The van der Waals surface area contributed by atoms with Crippen LogP contribution in [0, 0.1) is 0 Å². The van der Waals surface area contributed by atoms with Crippen LogP contribution in [-0.4, -0.2) is 31.8 Å². The van der Waals surface area contributed by atoms with Gasteiger partial charge in [0.05, 0.1) is 6.61 Å². The third-order valence-electron chi connectivity index (χ3n) is 0.793. The molecule has 0 aliphatic carbocycles. The molecule has 0 fully saturated rings. The fourth-order valence-corrected chi connectivity index (χ4v) is 0.467. The molecule has 0 saturated heterocycles. The number of likely N-dealkylation sites (N-methyl/N-ethyl adjacent to an activating group) is 1. The van der Waals surface area contributed by atoms with Crippen LogP contribution in [-0.2, 0) is 4.84 Å². The predicted molar refractivity (Wildman–Crippen MR) is 33.3 cm³/mol.